The second-order valence-electron chi connectivity index (χ2n) is 8.90. The van der Waals surface area contributed by atoms with Gasteiger partial charge in [-0.1, -0.05) is 25.7 Å². The van der Waals surface area contributed by atoms with Crippen LogP contribution in [0, 0.1) is 18.8 Å². The number of nitrogens with zero attached hydrogens (tertiary/aromatic N) is 4. The number of rotatable bonds is 8. The van der Waals surface area contributed by atoms with Crippen molar-refractivity contribution in [3.63, 3.8) is 0 Å². The molecule has 1 aliphatic heterocycles. The second-order valence-corrected chi connectivity index (χ2v) is 8.90. The van der Waals surface area contributed by atoms with E-state index >= 15 is 0 Å². The number of carbonyl (C=O) groups is 4. The number of carbonyl (C=O) groups excluding carboxylic acids is 4. The third-order valence-corrected chi connectivity index (χ3v) is 6.91. The number of amides is 4. The summed E-state index contributed by atoms with van der Waals surface area (Å²) in [6.45, 7) is 1.72. The van der Waals surface area contributed by atoms with Gasteiger partial charge in [-0.05, 0) is 25.3 Å². The van der Waals surface area contributed by atoms with Crippen molar-refractivity contribution in [2.45, 2.75) is 57.9 Å². The molecule has 31 heavy (non-hydrogen) atoms. The number of primary amides is 1. The first-order valence-corrected chi connectivity index (χ1v) is 10.9. The number of imide groups is 1. The van der Waals surface area contributed by atoms with E-state index < -0.39 is 34.2 Å². The van der Waals surface area contributed by atoms with Gasteiger partial charge in [0.15, 0.2) is 11.7 Å². The number of aryl methyl sites for hydroxylation is 2. The summed E-state index contributed by atoms with van der Waals surface area (Å²) in [5.41, 5.74) is 6.51. The highest BCUT2D eigenvalue weighted by Gasteiger charge is 2.59. The lowest BCUT2D eigenvalue weighted by Gasteiger charge is -2.36. The molecule has 0 spiro atoms. The van der Waals surface area contributed by atoms with Gasteiger partial charge in [-0.3, -0.25) is 19.5 Å². The first kappa shape index (κ1) is 23.1. The molecule has 1 unspecified atom stereocenters. The number of nitrogens with two attached hydrogens (primary N) is 1. The highest BCUT2D eigenvalue weighted by molar-refractivity contribution is 5.98. The SMILES string of the molecule is Cc1cc(C(=O)[N+]2(C(=O)[C@H](CC3CCCC3)CN(O)C=O)CCC[C@H]2C(N)=O)nn1C. The van der Waals surface area contributed by atoms with Gasteiger partial charge in [0, 0.05) is 25.6 Å². The molecule has 1 saturated heterocycles. The Kier molecular flexibility index (Phi) is 6.90. The summed E-state index contributed by atoms with van der Waals surface area (Å²) < 4.78 is 0.817. The van der Waals surface area contributed by atoms with Crippen molar-refractivity contribution in [3.05, 3.63) is 17.5 Å². The van der Waals surface area contributed by atoms with Gasteiger partial charge in [-0.2, -0.15) is 9.58 Å². The van der Waals surface area contributed by atoms with Crippen LogP contribution in [0.25, 0.3) is 0 Å². The summed E-state index contributed by atoms with van der Waals surface area (Å²) in [5, 5.41) is 14.6. The molecule has 3 N–H and O–H groups in total. The topological polar surface area (TPSA) is 136 Å². The zero-order chi connectivity index (χ0) is 22.8. The number of hydrogen-bond acceptors (Lipinski definition) is 6. The van der Waals surface area contributed by atoms with E-state index in [2.05, 4.69) is 5.10 Å². The van der Waals surface area contributed by atoms with E-state index in [0.717, 1.165) is 31.4 Å². The van der Waals surface area contributed by atoms with Crippen LogP contribution in [0.4, 0.5) is 0 Å². The number of likely N-dealkylation sites (tertiary alicyclic amines) is 1. The number of aromatic nitrogens is 2. The molecule has 10 nitrogen and oxygen atoms in total. The molecular formula is C21H32N5O5+. The first-order valence-electron chi connectivity index (χ1n) is 10.9. The van der Waals surface area contributed by atoms with Crippen LogP contribution in [0.3, 0.4) is 0 Å². The third kappa shape index (κ3) is 4.40. The molecule has 1 aliphatic carbocycles. The Bertz CT molecular complexity index is 843. The summed E-state index contributed by atoms with van der Waals surface area (Å²) in [7, 11) is 1.70. The van der Waals surface area contributed by atoms with Crippen molar-refractivity contribution in [2.75, 3.05) is 13.1 Å². The van der Waals surface area contributed by atoms with Gasteiger partial charge in [-0.15, -0.1) is 0 Å². The lowest BCUT2D eigenvalue weighted by Crippen LogP contribution is -2.65. The van der Waals surface area contributed by atoms with Gasteiger partial charge in [0.25, 0.3) is 5.91 Å². The van der Waals surface area contributed by atoms with Crippen molar-refractivity contribution in [1.82, 2.24) is 14.8 Å². The average Bonchev–Trinajstić information content (AvgIpc) is 3.47. The lowest BCUT2D eigenvalue weighted by atomic mass is 9.90. The zero-order valence-electron chi connectivity index (χ0n) is 18.2. The molecule has 10 heteroatoms. The molecular weight excluding hydrogens is 402 g/mol. The molecule has 0 bridgehead atoms. The molecule has 2 fully saturated rings. The third-order valence-electron chi connectivity index (χ3n) is 6.91. The molecule has 1 aromatic heterocycles. The highest BCUT2D eigenvalue weighted by atomic mass is 16.5. The van der Waals surface area contributed by atoms with Crippen molar-refractivity contribution in [3.8, 4) is 0 Å². The van der Waals surface area contributed by atoms with Gasteiger partial charge >= 0.3 is 11.8 Å². The van der Waals surface area contributed by atoms with Crippen LogP contribution in [0.1, 0.15) is 61.1 Å². The first-order chi connectivity index (χ1) is 14.7. The molecule has 170 valence electrons. The van der Waals surface area contributed by atoms with Gasteiger partial charge in [0.1, 0.15) is 0 Å². The van der Waals surface area contributed by atoms with Gasteiger partial charge < -0.3 is 5.73 Å². The summed E-state index contributed by atoms with van der Waals surface area (Å²) in [4.78, 5) is 51.1. The summed E-state index contributed by atoms with van der Waals surface area (Å²) >= 11 is 0. The maximum Gasteiger partial charge on any atom is 0.374 e. The van der Waals surface area contributed by atoms with Crippen molar-refractivity contribution < 1.29 is 28.9 Å². The number of quaternary nitrogens is 1. The molecule has 0 radical (unpaired) electrons. The Morgan fingerprint density at radius 1 is 1.32 bits per heavy atom. The molecule has 2 heterocycles. The standard InChI is InChI=1S/C21H31N5O5/c1-14-10-17(23-24(14)2)21(30)26(9-5-8-18(26)19(22)28)20(29)16(12-25(31)13-27)11-15-6-3-4-7-15/h10,13,15-16,18,31H,3-9,11-12H2,1-2H3,(H-,22,28)/p+1/t16-,18+,26?/m1/s1. The molecule has 3 rings (SSSR count). The Morgan fingerprint density at radius 2 is 2.00 bits per heavy atom. The maximum atomic E-state index is 14.0. The largest absolute Gasteiger partial charge is 0.374 e. The molecule has 1 saturated carbocycles. The van der Waals surface area contributed by atoms with E-state index in [0.29, 0.717) is 24.3 Å². The highest BCUT2D eigenvalue weighted by Crippen LogP contribution is 2.37. The normalized spacial score (nSPS) is 24.8. The van der Waals surface area contributed by atoms with Crippen LogP contribution in [0.2, 0.25) is 0 Å². The number of hydrogen-bond donors (Lipinski definition) is 2. The smallest absolute Gasteiger partial charge is 0.364 e. The van der Waals surface area contributed by atoms with Gasteiger partial charge in [0.2, 0.25) is 6.41 Å². The molecule has 1 aromatic rings. The van der Waals surface area contributed by atoms with Crippen LogP contribution < -0.4 is 5.73 Å². The van der Waals surface area contributed by atoms with Crippen molar-refractivity contribution >= 4 is 24.1 Å². The summed E-state index contributed by atoms with van der Waals surface area (Å²) in [6.07, 6.45) is 5.57. The fourth-order valence-corrected chi connectivity index (χ4v) is 5.24. The summed E-state index contributed by atoms with van der Waals surface area (Å²) in [6, 6.07) is 0.610. The zero-order valence-corrected chi connectivity index (χ0v) is 18.2. The number of hydroxylamine groups is 2. The molecule has 2 aliphatic rings. The Balaban J connectivity index is 2.03. The van der Waals surface area contributed by atoms with Crippen LogP contribution in [-0.2, 0) is 21.4 Å². The molecule has 0 aromatic carbocycles. The summed E-state index contributed by atoms with van der Waals surface area (Å²) in [5.74, 6) is -2.24. The van der Waals surface area contributed by atoms with Crippen molar-refractivity contribution in [2.24, 2.45) is 24.6 Å². The minimum atomic E-state index is -0.989. The van der Waals surface area contributed by atoms with Crippen LogP contribution in [0.5, 0.6) is 0 Å². The maximum absolute atomic E-state index is 14.0. The van der Waals surface area contributed by atoms with Gasteiger partial charge in [0.05, 0.1) is 19.0 Å². The van der Waals surface area contributed by atoms with Crippen LogP contribution in [-0.4, -0.2) is 67.8 Å². The van der Waals surface area contributed by atoms with E-state index in [1.165, 1.54) is 0 Å². The Morgan fingerprint density at radius 3 is 2.55 bits per heavy atom. The second kappa shape index (κ2) is 9.27. The fraction of sp³-hybridized carbons (Fsp3) is 0.667. The van der Waals surface area contributed by atoms with E-state index in [1.54, 1.807) is 24.7 Å². The van der Waals surface area contributed by atoms with Crippen LogP contribution in [0.15, 0.2) is 6.07 Å². The monoisotopic (exact) mass is 434 g/mol. The molecule has 4 amide bonds. The van der Waals surface area contributed by atoms with Crippen LogP contribution >= 0.6 is 0 Å². The minimum Gasteiger partial charge on any atom is -0.364 e. The fourth-order valence-electron chi connectivity index (χ4n) is 5.24. The quantitative estimate of drug-likeness (QED) is 0.270. The average molecular weight is 435 g/mol. The predicted octanol–water partition coefficient (Wildman–Crippen LogP) is 0.904. The van der Waals surface area contributed by atoms with E-state index in [-0.39, 0.29) is 31.1 Å². The van der Waals surface area contributed by atoms with E-state index in [1.807, 2.05) is 0 Å². The van der Waals surface area contributed by atoms with E-state index in [9.17, 15) is 24.4 Å². The van der Waals surface area contributed by atoms with Crippen molar-refractivity contribution in [1.29, 1.82) is 0 Å². The lowest BCUT2D eigenvalue weighted by molar-refractivity contribution is -0.777. The van der Waals surface area contributed by atoms with Gasteiger partial charge in [-0.25, -0.2) is 14.7 Å². The van der Waals surface area contributed by atoms with E-state index in [4.69, 9.17) is 5.73 Å². The molecule has 3 atom stereocenters. The Hall–Kier alpha value is -2.59. The minimum absolute atomic E-state index is 0.109. The Labute approximate surface area is 181 Å². The predicted molar refractivity (Wildman–Crippen MR) is 109 cm³/mol.